The second kappa shape index (κ2) is 6.14. The van der Waals surface area contributed by atoms with Crippen molar-refractivity contribution in [2.75, 3.05) is 7.11 Å². The lowest BCUT2D eigenvalue weighted by atomic mass is 10.2. The number of methoxy groups -OCH3 is 1. The number of ether oxygens (including phenoxy) is 2. The van der Waals surface area contributed by atoms with Gasteiger partial charge >= 0.3 is 0 Å². The Kier molecular flexibility index (Phi) is 4.06. The SMILES string of the molecule is COc1cccc(COc2cccc3ccc(Br)nc23)c1. The lowest BCUT2D eigenvalue weighted by Crippen LogP contribution is -1.97. The van der Waals surface area contributed by atoms with E-state index in [9.17, 15) is 0 Å². The number of hydrogen-bond donors (Lipinski definition) is 0. The number of benzene rings is 2. The number of fused-ring (bicyclic) bond motifs is 1. The number of halogens is 1. The predicted molar refractivity (Wildman–Crippen MR) is 86.8 cm³/mol. The molecule has 0 amide bonds. The van der Waals surface area contributed by atoms with Crippen molar-refractivity contribution in [2.24, 2.45) is 0 Å². The zero-order valence-electron chi connectivity index (χ0n) is 11.5. The third-order valence-corrected chi connectivity index (χ3v) is 3.62. The Labute approximate surface area is 131 Å². The van der Waals surface area contributed by atoms with Crippen LogP contribution in [0.3, 0.4) is 0 Å². The number of aromatic nitrogens is 1. The molecule has 0 radical (unpaired) electrons. The highest BCUT2D eigenvalue weighted by Gasteiger charge is 2.05. The molecule has 21 heavy (non-hydrogen) atoms. The molecule has 0 atom stereocenters. The molecule has 1 heterocycles. The Morgan fingerprint density at radius 2 is 1.90 bits per heavy atom. The monoisotopic (exact) mass is 343 g/mol. The van der Waals surface area contributed by atoms with Crippen molar-refractivity contribution in [3.63, 3.8) is 0 Å². The highest BCUT2D eigenvalue weighted by molar-refractivity contribution is 9.10. The molecule has 0 spiro atoms. The van der Waals surface area contributed by atoms with E-state index >= 15 is 0 Å². The van der Waals surface area contributed by atoms with E-state index < -0.39 is 0 Å². The summed E-state index contributed by atoms with van der Waals surface area (Å²) in [5.41, 5.74) is 1.91. The first-order valence-corrected chi connectivity index (χ1v) is 7.36. The fourth-order valence-corrected chi connectivity index (χ4v) is 2.45. The van der Waals surface area contributed by atoms with E-state index in [1.807, 2.05) is 54.6 Å². The van der Waals surface area contributed by atoms with Crippen molar-refractivity contribution in [1.82, 2.24) is 4.98 Å². The van der Waals surface area contributed by atoms with E-state index in [0.717, 1.165) is 32.6 Å². The van der Waals surface area contributed by atoms with Gasteiger partial charge in [0.15, 0.2) is 0 Å². The Balaban J connectivity index is 1.86. The van der Waals surface area contributed by atoms with Crippen LogP contribution in [0, 0.1) is 0 Å². The molecule has 106 valence electrons. The van der Waals surface area contributed by atoms with Crippen molar-refractivity contribution >= 4 is 26.8 Å². The summed E-state index contributed by atoms with van der Waals surface area (Å²) in [5, 5.41) is 1.06. The molecule has 3 aromatic rings. The molecule has 0 aliphatic rings. The van der Waals surface area contributed by atoms with Crippen LogP contribution in [-0.2, 0) is 6.61 Å². The number of para-hydroxylation sites is 1. The minimum absolute atomic E-state index is 0.477. The molecule has 3 rings (SSSR count). The third kappa shape index (κ3) is 3.16. The lowest BCUT2D eigenvalue weighted by molar-refractivity contribution is 0.308. The summed E-state index contributed by atoms with van der Waals surface area (Å²) in [6.07, 6.45) is 0. The molecule has 1 aromatic heterocycles. The number of rotatable bonds is 4. The molecule has 0 bridgehead atoms. The maximum absolute atomic E-state index is 5.92. The van der Waals surface area contributed by atoms with Gasteiger partial charge in [0.05, 0.1) is 7.11 Å². The predicted octanol–water partition coefficient (Wildman–Crippen LogP) is 4.58. The maximum atomic E-state index is 5.92. The summed E-state index contributed by atoms with van der Waals surface area (Å²) in [6.45, 7) is 0.477. The summed E-state index contributed by atoms with van der Waals surface area (Å²) in [7, 11) is 1.66. The first-order valence-electron chi connectivity index (χ1n) is 6.57. The van der Waals surface area contributed by atoms with Gasteiger partial charge in [-0.1, -0.05) is 24.3 Å². The molecule has 0 unspecified atom stereocenters. The summed E-state index contributed by atoms with van der Waals surface area (Å²) >= 11 is 3.40. The molecular weight excluding hydrogens is 330 g/mol. The molecule has 0 saturated carbocycles. The summed E-state index contributed by atoms with van der Waals surface area (Å²) in [5.74, 6) is 1.60. The Bertz CT molecular complexity index is 774. The number of hydrogen-bond acceptors (Lipinski definition) is 3. The van der Waals surface area contributed by atoms with Crippen LogP contribution in [0.25, 0.3) is 10.9 Å². The highest BCUT2D eigenvalue weighted by atomic mass is 79.9. The standard InChI is InChI=1S/C17H14BrNO2/c1-20-14-6-2-4-12(10-14)11-21-15-7-3-5-13-8-9-16(18)19-17(13)15/h2-10H,11H2,1H3. The van der Waals surface area contributed by atoms with E-state index in [1.165, 1.54) is 0 Å². The molecule has 2 aromatic carbocycles. The quantitative estimate of drug-likeness (QED) is 0.649. The number of pyridine rings is 1. The van der Waals surface area contributed by atoms with Crippen molar-refractivity contribution in [3.8, 4) is 11.5 Å². The van der Waals surface area contributed by atoms with Crippen LogP contribution in [0.15, 0.2) is 59.2 Å². The van der Waals surface area contributed by atoms with Crippen molar-refractivity contribution in [1.29, 1.82) is 0 Å². The van der Waals surface area contributed by atoms with Crippen molar-refractivity contribution in [2.45, 2.75) is 6.61 Å². The Hall–Kier alpha value is -2.07. The second-order valence-corrected chi connectivity index (χ2v) is 5.41. The van der Waals surface area contributed by atoms with Gasteiger partial charge in [0.25, 0.3) is 0 Å². The first kappa shape index (κ1) is 13.9. The van der Waals surface area contributed by atoms with Crippen LogP contribution in [0.2, 0.25) is 0 Å². The van der Waals surface area contributed by atoms with Crippen LogP contribution < -0.4 is 9.47 Å². The molecule has 0 N–H and O–H groups in total. The fourth-order valence-electron chi connectivity index (χ4n) is 2.14. The van der Waals surface area contributed by atoms with Gasteiger partial charge in [-0.3, -0.25) is 0 Å². The van der Waals surface area contributed by atoms with E-state index in [4.69, 9.17) is 9.47 Å². The molecule has 0 aliphatic heterocycles. The van der Waals surface area contributed by atoms with Crippen LogP contribution in [-0.4, -0.2) is 12.1 Å². The van der Waals surface area contributed by atoms with E-state index in [1.54, 1.807) is 7.11 Å². The topological polar surface area (TPSA) is 31.4 Å². The second-order valence-electron chi connectivity index (χ2n) is 4.60. The molecule has 4 heteroatoms. The van der Waals surface area contributed by atoms with Gasteiger partial charge in [0.2, 0.25) is 0 Å². The van der Waals surface area contributed by atoms with E-state index in [2.05, 4.69) is 20.9 Å². The maximum Gasteiger partial charge on any atom is 0.146 e. The average molecular weight is 344 g/mol. The first-order chi connectivity index (χ1) is 10.3. The molecule has 0 fully saturated rings. The van der Waals surface area contributed by atoms with Gasteiger partial charge in [0, 0.05) is 5.39 Å². The fraction of sp³-hybridized carbons (Fsp3) is 0.118. The van der Waals surface area contributed by atoms with Gasteiger partial charge in [0.1, 0.15) is 28.2 Å². The zero-order valence-corrected chi connectivity index (χ0v) is 13.1. The normalized spacial score (nSPS) is 10.6. The summed E-state index contributed by atoms with van der Waals surface area (Å²) < 4.78 is 11.9. The lowest BCUT2D eigenvalue weighted by Gasteiger charge is -2.10. The summed E-state index contributed by atoms with van der Waals surface area (Å²) in [6, 6.07) is 17.7. The van der Waals surface area contributed by atoms with Gasteiger partial charge in [-0.15, -0.1) is 0 Å². The minimum atomic E-state index is 0.477. The molecule has 0 aliphatic carbocycles. The zero-order chi connectivity index (χ0) is 14.7. The summed E-state index contributed by atoms with van der Waals surface area (Å²) in [4.78, 5) is 4.49. The van der Waals surface area contributed by atoms with Crippen LogP contribution >= 0.6 is 15.9 Å². The van der Waals surface area contributed by atoms with Crippen molar-refractivity contribution in [3.05, 3.63) is 64.8 Å². The van der Waals surface area contributed by atoms with Gasteiger partial charge in [-0.25, -0.2) is 4.98 Å². The van der Waals surface area contributed by atoms with E-state index in [0.29, 0.717) is 6.61 Å². The van der Waals surface area contributed by atoms with Gasteiger partial charge in [-0.2, -0.15) is 0 Å². The molecule has 3 nitrogen and oxygen atoms in total. The van der Waals surface area contributed by atoms with Crippen LogP contribution in [0.4, 0.5) is 0 Å². The molecule has 0 saturated heterocycles. The Morgan fingerprint density at radius 1 is 1.05 bits per heavy atom. The highest BCUT2D eigenvalue weighted by Crippen LogP contribution is 2.26. The number of nitrogens with zero attached hydrogens (tertiary/aromatic N) is 1. The van der Waals surface area contributed by atoms with Gasteiger partial charge in [-0.05, 0) is 51.8 Å². The van der Waals surface area contributed by atoms with E-state index in [-0.39, 0.29) is 0 Å². The van der Waals surface area contributed by atoms with Crippen molar-refractivity contribution < 1.29 is 9.47 Å². The largest absolute Gasteiger partial charge is 0.497 e. The minimum Gasteiger partial charge on any atom is -0.497 e. The third-order valence-electron chi connectivity index (χ3n) is 3.18. The van der Waals surface area contributed by atoms with Gasteiger partial charge < -0.3 is 9.47 Å². The molecular formula is C17H14BrNO2. The Morgan fingerprint density at radius 3 is 2.76 bits per heavy atom. The smallest absolute Gasteiger partial charge is 0.146 e. The average Bonchev–Trinajstić information content (AvgIpc) is 2.53. The van der Waals surface area contributed by atoms with Crippen LogP contribution in [0.5, 0.6) is 11.5 Å². The van der Waals surface area contributed by atoms with Crippen LogP contribution in [0.1, 0.15) is 5.56 Å².